The number of hydrogen-bond acceptors (Lipinski definition) is 5. The van der Waals surface area contributed by atoms with Gasteiger partial charge < -0.3 is 15.8 Å². The number of rotatable bonds is 6. The summed E-state index contributed by atoms with van der Waals surface area (Å²) in [7, 11) is 0. The standard InChI is InChI=1S/C26H28FN3O4/c1-14(13-34-15(2)31)29-20-9-16(5-7-18(20)25(28)33)24-19-8-6-17(27)10-21(19)30-22(24)11-26(3,4)12-23(30)32/h5-10,14,29H,11-13H2,1-4H3,(H2,28,33). The normalized spacial score (nSPS) is 15.6. The zero-order valence-corrected chi connectivity index (χ0v) is 19.7. The molecule has 0 bridgehead atoms. The Bertz CT molecular complexity index is 1330. The van der Waals surface area contributed by atoms with Gasteiger partial charge in [0.15, 0.2) is 0 Å². The van der Waals surface area contributed by atoms with E-state index in [1.54, 1.807) is 28.8 Å². The van der Waals surface area contributed by atoms with E-state index >= 15 is 0 Å². The van der Waals surface area contributed by atoms with Gasteiger partial charge in [0.25, 0.3) is 5.91 Å². The minimum atomic E-state index is -0.601. The van der Waals surface area contributed by atoms with Gasteiger partial charge in [0.2, 0.25) is 5.91 Å². The zero-order valence-electron chi connectivity index (χ0n) is 19.7. The molecule has 34 heavy (non-hydrogen) atoms. The molecule has 0 saturated heterocycles. The summed E-state index contributed by atoms with van der Waals surface area (Å²) in [4.78, 5) is 36.3. The van der Waals surface area contributed by atoms with Crippen molar-refractivity contribution in [1.29, 1.82) is 0 Å². The van der Waals surface area contributed by atoms with Crippen molar-refractivity contribution in [2.24, 2.45) is 11.1 Å². The maximum atomic E-state index is 14.2. The number of carbonyl (C=O) groups is 3. The molecule has 0 aliphatic carbocycles. The number of ether oxygens (including phenoxy) is 1. The van der Waals surface area contributed by atoms with Crippen LogP contribution < -0.4 is 11.1 Å². The molecule has 0 spiro atoms. The van der Waals surface area contributed by atoms with E-state index in [1.165, 1.54) is 19.1 Å². The molecule has 1 unspecified atom stereocenters. The molecule has 0 fully saturated rings. The lowest BCUT2D eigenvalue weighted by atomic mass is 9.80. The van der Waals surface area contributed by atoms with Gasteiger partial charge in [0, 0.05) is 35.7 Å². The highest BCUT2D eigenvalue weighted by molar-refractivity contribution is 6.06. The summed E-state index contributed by atoms with van der Waals surface area (Å²) >= 11 is 0. The molecule has 1 atom stereocenters. The molecule has 178 valence electrons. The van der Waals surface area contributed by atoms with Gasteiger partial charge in [-0.25, -0.2) is 4.39 Å². The van der Waals surface area contributed by atoms with Crippen LogP contribution in [0.15, 0.2) is 36.4 Å². The molecular formula is C26H28FN3O4. The number of fused-ring (bicyclic) bond motifs is 3. The summed E-state index contributed by atoms with van der Waals surface area (Å²) in [5.74, 6) is -1.49. The SMILES string of the molecule is CC(=O)OCC(C)Nc1cc(-c2c3n(c4cc(F)ccc24)C(=O)CC(C)(C)C3)ccc1C(N)=O. The Morgan fingerprint density at radius 1 is 1.21 bits per heavy atom. The fourth-order valence-electron chi connectivity index (χ4n) is 4.68. The quantitative estimate of drug-likeness (QED) is 0.521. The Balaban J connectivity index is 1.89. The molecule has 3 aromatic rings. The van der Waals surface area contributed by atoms with Crippen LogP contribution in [0.1, 0.15) is 55.0 Å². The van der Waals surface area contributed by atoms with Crippen LogP contribution >= 0.6 is 0 Å². The van der Waals surface area contributed by atoms with E-state index in [1.807, 2.05) is 20.8 Å². The number of benzene rings is 2. The molecule has 1 aliphatic heterocycles. The average Bonchev–Trinajstić information content (AvgIpc) is 3.04. The molecule has 0 saturated carbocycles. The molecule has 1 amide bonds. The van der Waals surface area contributed by atoms with E-state index in [4.69, 9.17) is 10.5 Å². The molecule has 8 heteroatoms. The number of primary amides is 1. The predicted octanol–water partition coefficient (Wildman–Crippen LogP) is 4.52. The number of aromatic nitrogens is 1. The van der Waals surface area contributed by atoms with Crippen LogP contribution in [0.4, 0.5) is 10.1 Å². The lowest BCUT2D eigenvalue weighted by Gasteiger charge is -2.30. The van der Waals surface area contributed by atoms with Crippen LogP contribution in [0.25, 0.3) is 22.0 Å². The van der Waals surface area contributed by atoms with Crippen LogP contribution in [0.5, 0.6) is 0 Å². The number of nitrogens with two attached hydrogens (primary N) is 1. The zero-order chi connectivity index (χ0) is 24.8. The smallest absolute Gasteiger partial charge is 0.302 e. The van der Waals surface area contributed by atoms with E-state index < -0.39 is 17.7 Å². The van der Waals surface area contributed by atoms with Crippen molar-refractivity contribution in [3.8, 4) is 11.1 Å². The number of esters is 1. The Kier molecular flexibility index (Phi) is 5.93. The maximum absolute atomic E-state index is 14.2. The lowest BCUT2D eigenvalue weighted by molar-refractivity contribution is -0.141. The van der Waals surface area contributed by atoms with Crippen molar-refractivity contribution in [2.45, 2.75) is 46.6 Å². The minimum absolute atomic E-state index is 0.0739. The molecule has 1 aliphatic rings. The molecule has 0 radical (unpaired) electrons. The summed E-state index contributed by atoms with van der Waals surface area (Å²) < 4.78 is 20.8. The first-order chi connectivity index (χ1) is 16.0. The first-order valence-corrected chi connectivity index (χ1v) is 11.2. The number of amides is 1. The second-order valence-electron chi connectivity index (χ2n) is 9.70. The van der Waals surface area contributed by atoms with Crippen LogP contribution in [0, 0.1) is 11.2 Å². The van der Waals surface area contributed by atoms with Gasteiger partial charge in [-0.15, -0.1) is 0 Å². The Morgan fingerprint density at radius 3 is 2.62 bits per heavy atom. The Hall–Kier alpha value is -3.68. The Labute approximate surface area is 197 Å². The van der Waals surface area contributed by atoms with E-state index in [0.29, 0.717) is 29.6 Å². The highest BCUT2D eigenvalue weighted by Crippen LogP contribution is 2.43. The maximum Gasteiger partial charge on any atom is 0.302 e. The second-order valence-corrected chi connectivity index (χ2v) is 9.70. The lowest BCUT2D eigenvalue weighted by Crippen LogP contribution is -2.31. The van der Waals surface area contributed by atoms with Crippen LogP contribution in [0.3, 0.4) is 0 Å². The fourth-order valence-corrected chi connectivity index (χ4v) is 4.68. The number of hydrogen-bond donors (Lipinski definition) is 2. The molecule has 4 rings (SSSR count). The fraction of sp³-hybridized carbons (Fsp3) is 0.346. The summed E-state index contributed by atoms with van der Waals surface area (Å²) in [6.45, 7) is 7.34. The van der Waals surface area contributed by atoms with E-state index in [9.17, 15) is 18.8 Å². The molecule has 1 aromatic heterocycles. The van der Waals surface area contributed by atoms with E-state index in [-0.39, 0.29) is 24.0 Å². The summed E-state index contributed by atoms with van der Waals surface area (Å²) in [5, 5.41) is 3.96. The molecule has 2 heterocycles. The van der Waals surface area contributed by atoms with Gasteiger partial charge in [-0.1, -0.05) is 19.9 Å². The van der Waals surface area contributed by atoms with Crippen LogP contribution in [-0.4, -0.2) is 35.0 Å². The van der Waals surface area contributed by atoms with Gasteiger partial charge in [0.05, 0.1) is 17.1 Å². The monoisotopic (exact) mass is 465 g/mol. The van der Waals surface area contributed by atoms with Crippen molar-refractivity contribution < 1.29 is 23.5 Å². The predicted molar refractivity (Wildman–Crippen MR) is 128 cm³/mol. The van der Waals surface area contributed by atoms with Crippen LogP contribution in [0.2, 0.25) is 0 Å². The van der Waals surface area contributed by atoms with Crippen LogP contribution in [-0.2, 0) is 16.0 Å². The topological polar surface area (TPSA) is 103 Å². The van der Waals surface area contributed by atoms with Gasteiger partial charge >= 0.3 is 5.97 Å². The molecule has 2 aromatic carbocycles. The molecule has 7 nitrogen and oxygen atoms in total. The second kappa shape index (κ2) is 8.59. The highest BCUT2D eigenvalue weighted by atomic mass is 19.1. The van der Waals surface area contributed by atoms with Gasteiger partial charge in [-0.3, -0.25) is 19.0 Å². The highest BCUT2D eigenvalue weighted by Gasteiger charge is 2.35. The summed E-state index contributed by atoms with van der Waals surface area (Å²) in [5.41, 5.74) is 9.06. The van der Waals surface area contributed by atoms with Crippen molar-refractivity contribution in [3.63, 3.8) is 0 Å². The van der Waals surface area contributed by atoms with Crippen molar-refractivity contribution in [1.82, 2.24) is 4.57 Å². The molecular weight excluding hydrogens is 437 g/mol. The summed E-state index contributed by atoms with van der Waals surface area (Å²) in [6, 6.07) is 9.38. The van der Waals surface area contributed by atoms with Crippen molar-refractivity contribution in [3.05, 3.63) is 53.5 Å². The van der Waals surface area contributed by atoms with Gasteiger partial charge in [-0.2, -0.15) is 0 Å². The average molecular weight is 466 g/mol. The van der Waals surface area contributed by atoms with E-state index in [0.717, 1.165) is 22.2 Å². The third kappa shape index (κ3) is 4.40. The van der Waals surface area contributed by atoms with Crippen molar-refractivity contribution in [2.75, 3.05) is 11.9 Å². The van der Waals surface area contributed by atoms with Gasteiger partial charge in [-0.05, 0) is 54.7 Å². The molecule has 3 N–H and O–H groups in total. The third-order valence-electron chi connectivity index (χ3n) is 6.07. The number of nitrogens with zero attached hydrogens (tertiary/aromatic N) is 1. The number of halogens is 1. The van der Waals surface area contributed by atoms with Crippen molar-refractivity contribution >= 4 is 34.4 Å². The number of nitrogens with one attached hydrogen (secondary N) is 1. The number of carbonyl (C=O) groups excluding carboxylic acids is 3. The third-order valence-corrected chi connectivity index (χ3v) is 6.07. The first kappa shape index (κ1) is 23.5. The minimum Gasteiger partial charge on any atom is -0.464 e. The Morgan fingerprint density at radius 2 is 1.94 bits per heavy atom. The summed E-state index contributed by atoms with van der Waals surface area (Å²) in [6.07, 6.45) is 0.994. The number of anilines is 1. The van der Waals surface area contributed by atoms with Gasteiger partial charge in [0.1, 0.15) is 12.4 Å². The first-order valence-electron chi connectivity index (χ1n) is 11.2. The largest absolute Gasteiger partial charge is 0.464 e. The van der Waals surface area contributed by atoms with E-state index in [2.05, 4.69) is 5.32 Å².